The molecule has 0 unspecified atom stereocenters. The number of methoxy groups -OCH3 is 1. The van der Waals surface area contributed by atoms with Crippen molar-refractivity contribution in [3.8, 4) is 5.75 Å². The third kappa shape index (κ3) is 3.66. The Bertz CT molecular complexity index is 556. The molecule has 0 radical (unpaired) electrons. The van der Waals surface area contributed by atoms with Crippen LogP contribution in [0.2, 0.25) is 0 Å². The molecule has 0 aliphatic heterocycles. The minimum atomic E-state index is -0.498. The minimum Gasteiger partial charge on any atom is -0.494 e. The molecule has 0 saturated heterocycles. The van der Waals surface area contributed by atoms with E-state index < -0.39 is 4.92 Å². The van der Waals surface area contributed by atoms with Gasteiger partial charge in [-0.05, 0) is 18.9 Å². The highest BCUT2D eigenvalue weighted by Gasteiger charge is 2.23. The summed E-state index contributed by atoms with van der Waals surface area (Å²) in [6, 6.07) is 4.16. The number of carbonyl (C=O) groups is 1. The van der Waals surface area contributed by atoms with Crippen molar-refractivity contribution in [2.24, 2.45) is 0 Å². The summed E-state index contributed by atoms with van der Waals surface area (Å²) in [5, 5.41) is 13.5. The summed E-state index contributed by atoms with van der Waals surface area (Å²) in [7, 11) is 3.20. The first-order valence-corrected chi connectivity index (χ1v) is 7.39. The van der Waals surface area contributed by atoms with E-state index in [0.29, 0.717) is 5.69 Å². The molecule has 0 bridgehead atoms. The summed E-state index contributed by atoms with van der Waals surface area (Å²) >= 11 is 0. The fraction of sp³-hybridized carbons (Fsp3) is 0.533. The lowest BCUT2D eigenvalue weighted by atomic mass is 9.95. The Morgan fingerprint density at radius 3 is 2.64 bits per heavy atom. The van der Waals surface area contributed by atoms with Gasteiger partial charge in [-0.1, -0.05) is 19.3 Å². The molecule has 1 aromatic carbocycles. The lowest BCUT2D eigenvalue weighted by Gasteiger charge is -2.31. The van der Waals surface area contributed by atoms with Crippen LogP contribution < -0.4 is 10.1 Å². The third-order valence-electron chi connectivity index (χ3n) is 4.08. The smallest absolute Gasteiger partial charge is 0.321 e. The topological polar surface area (TPSA) is 84.7 Å². The molecule has 0 heterocycles. The van der Waals surface area contributed by atoms with Gasteiger partial charge in [-0.2, -0.15) is 0 Å². The lowest BCUT2D eigenvalue weighted by molar-refractivity contribution is -0.384. The molecule has 120 valence electrons. The lowest BCUT2D eigenvalue weighted by Crippen LogP contribution is -2.40. The summed E-state index contributed by atoms with van der Waals surface area (Å²) in [6.07, 6.45) is 5.54. The van der Waals surface area contributed by atoms with Crippen molar-refractivity contribution < 1.29 is 14.5 Å². The predicted octanol–water partition coefficient (Wildman–Crippen LogP) is 3.40. The molecule has 1 aliphatic carbocycles. The molecule has 7 nitrogen and oxygen atoms in total. The number of non-ortho nitro benzene ring substituents is 1. The first kappa shape index (κ1) is 16.1. The SMILES string of the molecule is COc1cc([N+](=O)[O-])ccc1NC(=O)N(C)C1CCCCC1. The number of hydrogen-bond donors (Lipinski definition) is 1. The number of hydrogen-bond acceptors (Lipinski definition) is 4. The quantitative estimate of drug-likeness (QED) is 0.682. The average Bonchev–Trinajstić information content (AvgIpc) is 2.55. The molecule has 0 aromatic heterocycles. The molecule has 1 N–H and O–H groups in total. The fourth-order valence-corrected chi connectivity index (χ4v) is 2.73. The third-order valence-corrected chi connectivity index (χ3v) is 4.08. The zero-order chi connectivity index (χ0) is 16.1. The van der Waals surface area contributed by atoms with Crippen molar-refractivity contribution in [1.29, 1.82) is 0 Å². The number of anilines is 1. The Labute approximate surface area is 129 Å². The molecule has 2 rings (SSSR count). The molecule has 1 saturated carbocycles. The molecular weight excluding hydrogens is 286 g/mol. The Morgan fingerprint density at radius 2 is 2.05 bits per heavy atom. The number of amides is 2. The van der Waals surface area contributed by atoms with Crippen molar-refractivity contribution in [2.45, 2.75) is 38.1 Å². The van der Waals surface area contributed by atoms with Crippen LogP contribution >= 0.6 is 0 Å². The number of carbonyl (C=O) groups excluding carboxylic acids is 1. The van der Waals surface area contributed by atoms with Crippen molar-refractivity contribution in [1.82, 2.24) is 4.90 Å². The molecule has 7 heteroatoms. The summed E-state index contributed by atoms with van der Waals surface area (Å²) in [6.45, 7) is 0. The molecule has 1 fully saturated rings. The number of urea groups is 1. The zero-order valence-electron chi connectivity index (χ0n) is 12.9. The van der Waals surface area contributed by atoms with Gasteiger partial charge in [0.2, 0.25) is 0 Å². The van der Waals surface area contributed by atoms with Gasteiger partial charge in [0.15, 0.2) is 0 Å². The second-order valence-electron chi connectivity index (χ2n) is 5.47. The Hall–Kier alpha value is -2.31. The van der Waals surface area contributed by atoms with E-state index in [4.69, 9.17) is 4.74 Å². The zero-order valence-corrected chi connectivity index (χ0v) is 12.9. The Balaban J connectivity index is 2.08. The number of benzene rings is 1. The first-order valence-electron chi connectivity index (χ1n) is 7.39. The average molecular weight is 307 g/mol. The molecule has 22 heavy (non-hydrogen) atoms. The van der Waals surface area contributed by atoms with Crippen LogP contribution in [0.1, 0.15) is 32.1 Å². The van der Waals surface area contributed by atoms with Crippen molar-refractivity contribution in [2.75, 3.05) is 19.5 Å². The summed E-state index contributed by atoms with van der Waals surface area (Å²) in [5.74, 6) is 0.277. The number of rotatable bonds is 4. The first-order chi connectivity index (χ1) is 10.5. The Kier molecular flexibility index (Phi) is 5.19. The van der Waals surface area contributed by atoms with E-state index >= 15 is 0 Å². The van der Waals surface area contributed by atoms with Crippen LogP contribution in [0.3, 0.4) is 0 Å². The van der Waals surface area contributed by atoms with Gasteiger partial charge >= 0.3 is 6.03 Å². The maximum Gasteiger partial charge on any atom is 0.321 e. The predicted molar refractivity (Wildman–Crippen MR) is 83.3 cm³/mol. The molecule has 1 aromatic rings. The van der Waals surface area contributed by atoms with Crippen molar-refractivity contribution in [3.05, 3.63) is 28.3 Å². The van der Waals surface area contributed by atoms with Crippen LogP contribution in [-0.4, -0.2) is 36.1 Å². The second-order valence-corrected chi connectivity index (χ2v) is 5.47. The molecule has 1 aliphatic rings. The highest BCUT2D eigenvalue weighted by atomic mass is 16.6. The van der Waals surface area contributed by atoms with E-state index in [9.17, 15) is 14.9 Å². The molecule has 0 spiro atoms. The van der Waals surface area contributed by atoms with E-state index in [2.05, 4.69) is 5.32 Å². The number of nitro groups is 1. The number of nitrogens with zero attached hydrogens (tertiary/aromatic N) is 2. The van der Waals surface area contributed by atoms with Crippen LogP contribution in [-0.2, 0) is 0 Å². The minimum absolute atomic E-state index is 0.0736. The fourth-order valence-electron chi connectivity index (χ4n) is 2.73. The number of ether oxygens (including phenoxy) is 1. The van der Waals surface area contributed by atoms with Gasteiger partial charge < -0.3 is 15.0 Å². The van der Waals surface area contributed by atoms with Gasteiger partial charge in [0.1, 0.15) is 5.75 Å². The standard InChI is InChI=1S/C15H21N3O4/c1-17(11-6-4-3-5-7-11)15(19)16-13-9-8-12(18(20)21)10-14(13)22-2/h8-11H,3-7H2,1-2H3,(H,16,19). The van der Waals surface area contributed by atoms with Gasteiger partial charge in [0.05, 0.1) is 23.8 Å². The summed E-state index contributed by atoms with van der Waals surface area (Å²) < 4.78 is 5.12. The molecular formula is C15H21N3O4. The number of nitro benzene ring substituents is 1. The van der Waals surface area contributed by atoms with Crippen LogP contribution in [0.15, 0.2) is 18.2 Å². The van der Waals surface area contributed by atoms with E-state index in [1.54, 1.807) is 11.9 Å². The van der Waals surface area contributed by atoms with E-state index in [1.807, 2.05) is 0 Å². The molecule has 2 amide bonds. The van der Waals surface area contributed by atoms with Gasteiger partial charge in [0, 0.05) is 19.2 Å². The van der Waals surface area contributed by atoms with Crippen LogP contribution in [0.5, 0.6) is 5.75 Å². The highest BCUT2D eigenvalue weighted by Crippen LogP contribution is 2.29. The largest absolute Gasteiger partial charge is 0.494 e. The van der Waals surface area contributed by atoms with E-state index in [-0.39, 0.29) is 23.5 Å². The van der Waals surface area contributed by atoms with Crippen LogP contribution in [0, 0.1) is 10.1 Å². The van der Waals surface area contributed by atoms with E-state index in [0.717, 1.165) is 25.7 Å². The Morgan fingerprint density at radius 1 is 1.36 bits per heavy atom. The van der Waals surface area contributed by atoms with Crippen LogP contribution in [0.4, 0.5) is 16.2 Å². The second kappa shape index (κ2) is 7.11. The monoisotopic (exact) mass is 307 g/mol. The summed E-state index contributed by atoms with van der Waals surface area (Å²) in [4.78, 5) is 24.3. The highest BCUT2D eigenvalue weighted by molar-refractivity contribution is 5.91. The normalized spacial score (nSPS) is 15.2. The molecule has 0 atom stereocenters. The van der Waals surface area contributed by atoms with Gasteiger partial charge in [-0.3, -0.25) is 10.1 Å². The maximum absolute atomic E-state index is 12.3. The maximum atomic E-state index is 12.3. The van der Waals surface area contributed by atoms with Crippen LogP contribution in [0.25, 0.3) is 0 Å². The van der Waals surface area contributed by atoms with Gasteiger partial charge in [-0.25, -0.2) is 4.79 Å². The number of nitrogens with one attached hydrogen (secondary N) is 1. The summed E-state index contributed by atoms with van der Waals surface area (Å²) in [5.41, 5.74) is 0.358. The van der Waals surface area contributed by atoms with Crippen molar-refractivity contribution >= 4 is 17.4 Å². The van der Waals surface area contributed by atoms with Gasteiger partial charge in [0.25, 0.3) is 5.69 Å². The van der Waals surface area contributed by atoms with Gasteiger partial charge in [-0.15, -0.1) is 0 Å². The van der Waals surface area contributed by atoms with Crippen molar-refractivity contribution in [3.63, 3.8) is 0 Å². The van der Waals surface area contributed by atoms with E-state index in [1.165, 1.54) is 31.7 Å².